The van der Waals surface area contributed by atoms with Crippen molar-refractivity contribution in [1.82, 2.24) is 4.98 Å². The van der Waals surface area contributed by atoms with Crippen LogP contribution in [0, 0.1) is 6.92 Å². The van der Waals surface area contributed by atoms with Crippen molar-refractivity contribution in [3.05, 3.63) is 10.6 Å². The van der Waals surface area contributed by atoms with Crippen LogP contribution < -0.4 is 5.32 Å². The molecule has 4 nitrogen and oxygen atoms in total. The van der Waals surface area contributed by atoms with E-state index in [2.05, 4.69) is 17.2 Å². The van der Waals surface area contributed by atoms with E-state index in [4.69, 9.17) is 5.11 Å². The summed E-state index contributed by atoms with van der Waals surface area (Å²) in [5, 5.41) is 12.6. The second-order valence-corrected chi connectivity index (χ2v) is 4.11. The van der Waals surface area contributed by atoms with Gasteiger partial charge in [-0.3, -0.25) is 4.79 Å². The third-order valence-corrected chi connectivity index (χ3v) is 2.85. The maximum absolute atomic E-state index is 10.5. The molecule has 5 heteroatoms. The Hall–Kier alpha value is -1.10. The van der Waals surface area contributed by atoms with Gasteiger partial charge in [-0.25, -0.2) is 4.98 Å². The normalized spacial score (nSPS) is 10.1. The SMILES string of the molecule is CCCNc1nc(C)c(CC(=O)O)s1. The summed E-state index contributed by atoms with van der Waals surface area (Å²) in [5.74, 6) is -0.807. The highest BCUT2D eigenvalue weighted by Crippen LogP contribution is 2.22. The molecule has 1 rings (SSSR count). The largest absolute Gasteiger partial charge is 0.481 e. The number of aromatic nitrogens is 1. The number of rotatable bonds is 5. The van der Waals surface area contributed by atoms with Gasteiger partial charge in [-0.15, -0.1) is 11.3 Å². The Morgan fingerprint density at radius 1 is 1.64 bits per heavy atom. The fraction of sp³-hybridized carbons (Fsp3) is 0.556. The molecule has 78 valence electrons. The van der Waals surface area contributed by atoms with Crippen molar-refractivity contribution < 1.29 is 9.90 Å². The second kappa shape index (κ2) is 4.95. The Morgan fingerprint density at radius 2 is 2.36 bits per heavy atom. The molecule has 1 aromatic rings. The molecule has 14 heavy (non-hydrogen) atoms. The van der Waals surface area contributed by atoms with E-state index in [1.807, 2.05) is 6.92 Å². The molecule has 0 aromatic carbocycles. The van der Waals surface area contributed by atoms with Gasteiger partial charge in [0, 0.05) is 11.4 Å². The van der Waals surface area contributed by atoms with Crippen molar-refractivity contribution in [1.29, 1.82) is 0 Å². The molecule has 0 bridgehead atoms. The number of carboxylic acid groups (broad SMARTS) is 1. The van der Waals surface area contributed by atoms with Crippen molar-refractivity contribution in [3.63, 3.8) is 0 Å². The van der Waals surface area contributed by atoms with Gasteiger partial charge in [-0.05, 0) is 13.3 Å². The zero-order valence-electron chi connectivity index (χ0n) is 8.33. The van der Waals surface area contributed by atoms with E-state index in [1.54, 1.807) is 0 Å². The Bertz CT molecular complexity index is 323. The van der Waals surface area contributed by atoms with Crippen LogP contribution in [0.1, 0.15) is 23.9 Å². The summed E-state index contributed by atoms with van der Waals surface area (Å²) in [5.41, 5.74) is 0.816. The molecule has 2 N–H and O–H groups in total. The first-order valence-electron chi connectivity index (χ1n) is 4.55. The average molecular weight is 214 g/mol. The van der Waals surface area contributed by atoms with Gasteiger partial charge in [-0.2, -0.15) is 0 Å². The van der Waals surface area contributed by atoms with E-state index in [0.29, 0.717) is 0 Å². The molecule has 0 fully saturated rings. The van der Waals surface area contributed by atoms with Gasteiger partial charge in [0.2, 0.25) is 0 Å². The lowest BCUT2D eigenvalue weighted by atomic mass is 10.3. The van der Waals surface area contributed by atoms with Gasteiger partial charge in [-0.1, -0.05) is 6.92 Å². The topological polar surface area (TPSA) is 62.2 Å². The summed E-state index contributed by atoms with van der Waals surface area (Å²) in [6, 6.07) is 0. The van der Waals surface area contributed by atoms with Crippen LogP contribution in [0.5, 0.6) is 0 Å². The van der Waals surface area contributed by atoms with Crippen molar-refractivity contribution in [2.75, 3.05) is 11.9 Å². The van der Waals surface area contributed by atoms with E-state index in [9.17, 15) is 4.79 Å². The lowest BCUT2D eigenvalue weighted by molar-refractivity contribution is -0.136. The quantitative estimate of drug-likeness (QED) is 0.785. The molecule has 0 aliphatic heterocycles. The van der Waals surface area contributed by atoms with Crippen molar-refractivity contribution in [3.8, 4) is 0 Å². The van der Waals surface area contributed by atoms with Gasteiger partial charge >= 0.3 is 5.97 Å². The Morgan fingerprint density at radius 3 is 2.93 bits per heavy atom. The lowest BCUT2D eigenvalue weighted by Crippen LogP contribution is -1.99. The minimum atomic E-state index is -0.807. The van der Waals surface area contributed by atoms with Crippen LogP contribution in [0.15, 0.2) is 0 Å². The first-order chi connectivity index (χ1) is 6.63. The lowest BCUT2D eigenvalue weighted by Gasteiger charge is -1.96. The van der Waals surface area contributed by atoms with E-state index in [-0.39, 0.29) is 6.42 Å². The van der Waals surface area contributed by atoms with Crippen LogP contribution in [0.3, 0.4) is 0 Å². The predicted molar refractivity (Wildman–Crippen MR) is 57.0 cm³/mol. The van der Waals surface area contributed by atoms with Crippen molar-refractivity contribution in [2.24, 2.45) is 0 Å². The molecule has 0 atom stereocenters. The number of nitrogens with one attached hydrogen (secondary N) is 1. The zero-order chi connectivity index (χ0) is 10.6. The number of carboxylic acids is 1. The summed E-state index contributed by atoms with van der Waals surface area (Å²) >= 11 is 1.42. The summed E-state index contributed by atoms with van der Waals surface area (Å²) in [7, 11) is 0. The molecule has 0 saturated heterocycles. The zero-order valence-corrected chi connectivity index (χ0v) is 9.15. The number of thiazole rings is 1. The molecule has 0 spiro atoms. The molecule has 0 radical (unpaired) electrons. The summed E-state index contributed by atoms with van der Waals surface area (Å²) < 4.78 is 0. The van der Waals surface area contributed by atoms with Crippen molar-refractivity contribution in [2.45, 2.75) is 26.7 Å². The van der Waals surface area contributed by atoms with Gasteiger partial charge < -0.3 is 10.4 Å². The molecule has 0 unspecified atom stereocenters. The fourth-order valence-electron chi connectivity index (χ4n) is 1.04. The smallest absolute Gasteiger partial charge is 0.308 e. The molecular weight excluding hydrogens is 200 g/mol. The minimum absolute atomic E-state index is 0.0668. The highest BCUT2D eigenvalue weighted by Gasteiger charge is 2.10. The van der Waals surface area contributed by atoms with Crippen LogP contribution in [-0.2, 0) is 11.2 Å². The average Bonchev–Trinajstić information content (AvgIpc) is 2.43. The number of aryl methyl sites for hydroxylation is 1. The van der Waals surface area contributed by atoms with Gasteiger partial charge in [0.05, 0.1) is 12.1 Å². The fourth-order valence-corrected chi connectivity index (χ4v) is 2.02. The van der Waals surface area contributed by atoms with E-state index in [0.717, 1.165) is 28.7 Å². The minimum Gasteiger partial charge on any atom is -0.481 e. The highest BCUT2D eigenvalue weighted by molar-refractivity contribution is 7.15. The third-order valence-electron chi connectivity index (χ3n) is 1.73. The molecule has 0 amide bonds. The maximum Gasteiger partial charge on any atom is 0.308 e. The van der Waals surface area contributed by atoms with Crippen LogP contribution in [0.2, 0.25) is 0 Å². The number of hydrogen-bond acceptors (Lipinski definition) is 4. The monoisotopic (exact) mass is 214 g/mol. The molecule has 1 aromatic heterocycles. The maximum atomic E-state index is 10.5. The van der Waals surface area contributed by atoms with E-state index in [1.165, 1.54) is 11.3 Å². The van der Waals surface area contributed by atoms with Gasteiger partial charge in [0.25, 0.3) is 0 Å². The number of aliphatic carboxylic acids is 1. The van der Waals surface area contributed by atoms with E-state index < -0.39 is 5.97 Å². The number of hydrogen-bond donors (Lipinski definition) is 2. The van der Waals surface area contributed by atoms with Crippen LogP contribution >= 0.6 is 11.3 Å². The standard InChI is InChI=1S/C9H14N2O2S/c1-3-4-10-9-11-6(2)7(14-9)5-8(12)13/h3-5H2,1-2H3,(H,10,11)(H,12,13). The number of carbonyl (C=O) groups is 1. The summed E-state index contributed by atoms with van der Waals surface area (Å²) in [6.45, 7) is 4.79. The first-order valence-corrected chi connectivity index (χ1v) is 5.37. The van der Waals surface area contributed by atoms with Crippen LogP contribution in [0.25, 0.3) is 0 Å². The molecule has 0 aliphatic carbocycles. The molecule has 1 heterocycles. The summed E-state index contributed by atoms with van der Waals surface area (Å²) in [6.07, 6.45) is 1.10. The molecule has 0 saturated carbocycles. The van der Waals surface area contributed by atoms with E-state index >= 15 is 0 Å². The summed E-state index contributed by atoms with van der Waals surface area (Å²) in [4.78, 5) is 15.6. The van der Waals surface area contributed by atoms with Crippen LogP contribution in [0.4, 0.5) is 5.13 Å². The predicted octanol–water partition coefficient (Wildman–Crippen LogP) is 1.90. The highest BCUT2D eigenvalue weighted by atomic mass is 32.1. The Kier molecular flexibility index (Phi) is 3.88. The third kappa shape index (κ3) is 2.99. The first kappa shape index (κ1) is 11.0. The molecular formula is C9H14N2O2S. The second-order valence-electron chi connectivity index (χ2n) is 3.02. The molecule has 0 aliphatic rings. The number of nitrogens with zero attached hydrogens (tertiary/aromatic N) is 1. The van der Waals surface area contributed by atoms with Gasteiger partial charge in [0.1, 0.15) is 0 Å². The Balaban J connectivity index is 2.66. The van der Waals surface area contributed by atoms with Gasteiger partial charge in [0.15, 0.2) is 5.13 Å². The Labute approximate surface area is 87.0 Å². The van der Waals surface area contributed by atoms with Crippen molar-refractivity contribution >= 4 is 22.4 Å². The number of anilines is 1. The van der Waals surface area contributed by atoms with Crippen LogP contribution in [-0.4, -0.2) is 22.6 Å².